The molecule has 2 aromatic carbocycles. The zero-order valence-electron chi connectivity index (χ0n) is 27.3. The second-order valence-corrected chi connectivity index (χ2v) is 12.1. The Bertz CT molecular complexity index is 1550. The van der Waals surface area contributed by atoms with Crippen LogP contribution >= 0.6 is 0 Å². The summed E-state index contributed by atoms with van der Waals surface area (Å²) in [5.41, 5.74) is 7.59. The van der Waals surface area contributed by atoms with Crippen molar-refractivity contribution >= 4 is 46.1 Å². The first-order valence-electron chi connectivity index (χ1n) is 16.4. The molecule has 5 heteroatoms. The van der Waals surface area contributed by atoms with E-state index in [1.165, 1.54) is 108 Å². The van der Waals surface area contributed by atoms with Gasteiger partial charge in [-0.05, 0) is 40.8 Å². The number of nitrogens with zero attached hydrogens (tertiary/aromatic N) is 3. The predicted molar refractivity (Wildman–Crippen MR) is 184 cm³/mol. The summed E-state index contributed by atoms with van der Waals surface area (Å²) in [7, 11) is 4.11. The summed E-state index contributed by atoms with van der Waals surface area (Å²) in [6.45, 7) is 3.35. The predicted octanol–water partition coefficient (Wildman–Crippen LogP) is 3.71. The highest BCUT2D eigenvalue weighted by atomic mass is 127. The summed E-state index contributed by atoms with van der Waals surface area (Å²) in [5, 5.41) is 2.69. The SMILES string of the molecule is CCCCCCCCCCCCn1c2cc(/C=C/c3cc[n+](C)cc3)ccc2c2ccc(/C=C/c3cc[n+](C)cc3)cc21.[I-].[I-]. The quantitative estimate of drug-likeness (QED) is 0.0869. The normalized spacial score (nSPS) is 11.4. The van der Waals surface area contributed by atoms with E-state index < -0.39 is 0 Å². The van der Waals surface area contributed by atoms with Gasteiger partial charge in [0.05, 0.1) is 0 Å². The molecule has 3 heterocycles. The Labute approximate surface area is 305 Å². The number of pyridine rings is 2. The molecule has 45 heavy (non-hydrogen) atoms. The lowest BCUT2D eigenvalue weighted by atomic mass is 10.1. The molecule has 0 aliphatic heterocycles. The molecular formula is C40H49I2N3. The van der Waals surface area contributed by atoms with Crippen LogP contribution in [0.2, 0.25) is 0 Å². The van der Waals surface area contributed by atoms with Crippen molar-refractivity contribution < 1.29 is 57.1 Å². The molecule has 3 aromatic heterocycles. The summed E-state index contributed by atoms with van der Waals surface area (Å²) >= 11 is 0. The molecule has 0 saturated heterocycles. The zero-order chi connectivity index (χ0) is 29.9. The van der Waals surface area contributed by atoms with E-state index in [2.05, 4.69) is 144 Å². The Morgan fingerprint density at radius 2 is 0.867 bits per heavy atom. The van der Waals surface area contributed by atoms with Crippen molar-refractivity contribution in [2.24, 2.45) is 14.1 Å². The minimum atomic E-state index is 0. The number of fused-ring (bicyclic) bond motifs is 3. The monoisotopic (exact) mass is 825 g/mol. The Morgan fingerprint density at radius 3 is 1.29 bits per heavy atom. The largest absolute Gasteiger partial charge is 1.00 e. The molecule has 0 fully saturated rings. The van der Waals surface area contributed by atoms with Crippen LogP contribution in [0.4, 0.5) is 0 Å². The van der Waals surface area contributed by atoms with Gasteiger partial charge in [0.2, 0.25) is 0 Å². The second kappa shape index (κ2) is 19.2. The number of hydrogen-bond donors (Lipinski definition) is 0. The molecule has 0 unspecified atom stereocenters. The van der Waals surface area contributed by atoms with Crippen LogP contribution in [0.1, 0.15) is 93.4 Å². The molecule has 5 rings (SSSR count). The molecule has 0 aliphatic rings. The van der Waals surface area contributed by atoms with Gasteiger partial charge in [-0.1, -0.05) is 113 Å². The Morgan fingerprint density at radius 1 is 0.489 bits per heavy atom. The first-order chi connectivity index (χ1) is 21.1. The van der Waals surface area contributed by atoms with Crippen LogP contribution in [0.15, 0.2) is 85.5 Å². The number of rotatable bonds is 15. The lowest BCUT2D eigenvalue weighted by Crippen LogP contribution is -3.00. The van der Waals surface area contributed by atoms with Gasteiger partial charge in [-0.2, -0.15) is 0 Å². The van der Waals surface area contributed by atoms with Crippen LogP contribution in [0.25, 0.3) is 46.1 Å². The van der Waals surface area contributed by atoms with Crippen molar-refractivity contribution in [1.29, 1.82) is 0 Å². The van der Waals surface area contributed by atoms with Crippen LogP contribution in [-0.4, -0.2) is 4.57 Å². The molecule has 238 valence electrons. The van der Waals surface area contributed by atoms with Crippen molar-refractivity contribution in [1.82, 2.24) is 4.57 Å². The summed E-state index contributed by atoms with van der Waals surface area (Å²) in [5.74, 6) is 0. The molecule has 5 aromatic rings. The fraction of sp³-hybridized carbons (Fsp3) is 0.350. The summed E-state index contributed by atoms with van der Waals surface area (Å²) in [4.78, 5) is 0. The van der Waals surface area contributed by atoms with Crippen molar-refractivity contribution in [2.45, 2.75) is 77.7 Å². The van der Waals surface area contributed by atoms with Gasteiger partial charge in [-0.15, -0.1) is 0 Å². The van der Waals surface area contributed by atoms with Crippen LogP contribution in [0.3, 0.4) is 0 Å². The third-order valence-electron chi connectivity index (χ3n) is 8.60. The van der Waals surface area contributed by atoms with E-state index >= 15 is 0 Å². The number of aromatic nitrogens is 3. The maximum atomic E-state index is 2.58. The number of halogens is 2. The summed E-state index contributed by atoms with van der Waals surface area (Å²) < 4.78 is 6.71. The van der Waals surface area contributed by atoms with Crippen molar-refractivity contribution in [3.63, 3.8) is 0 Å². The van der Waals surface area contributed by atoms with Crippen molar-refractivity contribution in [3.8, 4) is 0 Å². The van der Waals surface area contributed by atoms with Gasteiger partial charge in [0, 0.05) is 52.6 Å². The highest BCUT2D eigenvalue weighted by Crippen LogP contribution is 2.32. The maximum absolute atomic E-state index is 2.58. The van der Waals surface area contributed by atoms with Crippen LogP contribution in [-0.2, 0) is 20.6 Å². The Kier molecular flexibility index (Phi) is 15.8. The lowest BCUT2D eigenvalue weighted by Gasteiger charge is -2.09. The summed E-state index contributed by atoms with van der Waals surface area (Å²) in [6, 6.07) is 22.5. The summed E-state index contributed by atoms with van der Waals surface area (Å²) in [6.07, 6.45) is 30.9. The third-order valence-corrected chi connectivity index (χ3v) is 8.60. The molecule has 0 N–H and O–H groups in total. The van der Waals surface area contributed by atoms with Crippen LogP contribution in [0.5, 0.6) is 0 Å². The van der Waals surface area contributed by atoms with Gasteiger partial charge in [0.15, 0.2) is 24.8 Å². The lowest BCUT2D eigenvalue weighted by molar-refractivity contribution is -0.671. The Balaban J connectivity index is 0.00000276. The first kappa shape index (κ1) is 36.9. The zero-order valence-corrected chi connectivity index (χ0v) is 31.6. The number of unbranched alkanes of at least 4 members (excludes halogenated alkanes) is 9. The molecule has 0 bridgehead atoms. The fourth-order valence-corrected chi connectivity index (χ4v) is 5.97. The molecule has 0 radical (unpaired) electrons. The van der Waals surface area contributed by atoms with Gasteiger partial charge in [-0.25, -0.2) is 9.13 Å². The molecule has 0 saturated carbocycles. The minimum Gasteiger partial charge on any atom is -1.00 e. The van der Waals surface area contributed by atoms with Gasteiger partial charge >= 0.3 is 0 Å². The standard InChI is InChI=1S/C40H49N3.2HI/c1-4-5-6-7-8-9-10-11-12-13-26-43-39-31-35(16-14-33-22-27-41(2)28-23-33)18-20-37(39)38-21-19-36(32-40(38)43)17-15-34-24-29-42(3)30-25-34;;/h14-25,27-32H,4-13,26H2,1-3H3;2*1H/q+2;;/p-2. The van der Waals surface area contributed by atoms with Crippen molar-refractivity contribution in [2.75, 3.05) is 0 Å². The average molecular weight is 826 g/mol. The van der Waals surface area contributed by atoms with Gasteiger partial charge in [0.1, 0.15) is 14.1 Å². The minimum absolute atomic E-state index is 0. The van der Waals surface area contributed by atoms with Gasteiger partial charge < -0.3 is 52.5 Å². The van der Waals surface area contributed by atoms with E-state index in [-0.39, 0.29) is 48.0 Å². The molecule has 0 amide bonds. The highest BCUT2D eigenvalue weighted by Gasteiger charge is 2.11. The number of hydrogen-bond acceptors (Lipinski definition) is 0. The van der Waals surface area contributed by atoms with Crippen LogP contribution in [0, 0.1) is 0 Å². The average Bonchev–Trinajstić information content (AvgIpc) is 3.33. The van der Waals surface area contributed by atoms with E-state index in [0.29, 0.717) is 0 Å². The molecular weight excluding hydrogens is 776 g/mol. The second-order valence-electron chi connectivity index (χ2n) is 12.1. The topological polar surface area (TPSA) is 12.7 Å². The van der Waals surface area contributed by atoms with E-state index in [1.807, 2.05) is 0 Å². The smallest absolute Gasteiger partial charge is 0.169 e. The highest BCUT2D eigenvalue weighted by molar-refractivity contribution is 6.09. The molecule has 0 aliphatic carbocycles. The number of aryl methyl sites for hydroxylation is 3. The van der Waals surface area contributed by atoms with E-state index in [4.69, 9.17) is 0 Å². The van der Waals surface area contributed by atoms with E-state index in [1.54, 1.807) is 0 Å². The van der Waals surface area contributed by atoms with Crippen LogP contribution < -0.4 is 57.1 Å². The van der Waals surface area contributed by atoms with Gasteiger partial charge in [-0.3, -0.25) is 0 Å². The van der Waals surface area contributed by atoms with E-state index in [9.17, 15) is 0 Å². The third kappa shape index (κ3) is 10.8. The van der Waals surface area contributed by atoms with E-state index in [0.717, 1.165) is 6.54 Å². The Hall–Kier alpha value is -2.52. The van der Waals surface area contributed by atoms with Gasteiger partial charge in [0.25, 0.3) is 0 Å². The molecule has 0 spiro atoms. The number of benzene rings is 2. The molecule has 3 nitrogen and oxygen atoms in total. The maximum Gasteiger partial charge on any atom is 0.169 e. The first-order valence-corrected chi connectivity index (χ1v) is 16.4. The molecule has 0 atom stereocenters. The van der Waals surface area contributed by atoms with Crippen molar-refractivity contribution in [3.05, 3.63) is 108 Å². The fourth-order valence-electron chi connectivity index (χ4n) is 5.97.